The number of hydrogen-bond acceptors (Lipinski definition) is 2. The summed E-state index contributed by atoms with van der Waals surface area (Å²) in [6, 6.07) is 25.8. The van der Waals surface area contributed by atoms with Gasteiger partial charge >= 0.3 is 0 Å². The van der Waals surface area contributed by atoms with Gasteiger partial charge in [0.1, 0.15) is 11.5 Å². The Morgan fingerprint density at radius 2 is 1.37 bits per heavy atom. The number of carbonyl (C=O) groups excluding carboxylic acids is 1. The van der Waals surface area contributed by atoms with Crippen molar-refractivity contribution in [2.45, 2.75) is 0 Å². The van der Waals surface area contributed by atoms with Gasteiger partial charge in [-0.3, -0.25) is 4.79 Å². The van der Waals surface area contributed by atoms with Crippen LogP contribution in [0.3, 0.4) is 0 Å². The fourth-order valence-electron chi connectivity index (χ4n) is 3.56. The van der Waals surface area contributed by atoms with Gasteiger partial charge in [0.15, 0.2) is 5.78 Å². The number of Topliss-reactive ketones (excluding diaryl/α,β-unsaturated/α-hetero) is 1. The summed E-state index contributed by atoms with van der Waals surface area (Å²) in [6.07, 6.45) is 5.80. The first-order valence-electron chi connectivity index (χ1n) is 8.92. The molecule has 0 saturated heterocycles. The third-order valence-corrected chi connectivity index (χ3v) is 4.90. The van der Waals surface area contributed by atoms with Crippen LogP contribution in [0, 0.1) is 0 Å². The highest BCUT2D eigenvalue weighted by molar-refractivity contribution is 6.16. The molecule has 0 N–H and O–H groups in total. The molecule has 0 atom stereocenters. The molecule has 3 aromatic carbocycles. The van der Waals surface area contributed by atoms with Crippen LogP contribution in [0.4, 0.5) is 0 Å². The third-order valence-electron chi connectivity index (χ3n) is 4.90. The quantitative estimate of drug-likeness (QED) is 0.529. The minimum absolute atomic E-state index is 0.00820. The summed E-state index contributed by atoms with van der Waals surface area (Å²) in [6.45, 7) is 0. The van der Waals surface area contributed by atoms with Crippen LogP contribution in [0.2, 0.25) is 0 Å². The van der Waals surface area contributed by atoms with Crippen molar-refractivity contribution in [3.8, 4) is 5.75 Å². The van der Waals surface area contributed by atoms with Crippen LogP contribution < -0.4 is 4.74 Å². The number of benzene rings is 3. The van der Waals surface area contributed by atoms with Crippen LogP contribution in [0.15, 0.2) is 102 Å². The molecule has 2 nitrogen and oxygen atoms in total. The summed E-state index contributed by atoms with van der Waals surface area (Å²) in [4.78, 5) is 13.1. The molecule has 27 heavy (non-hydrogen) atoms. The highest BCUT2D eigenvalue weighted by atomic mass is 16.5. The zero-order chi connectivity index (χ0) is 18.2. The van der Waals surface area contributed by atoms with Gasteiger partial charge in [0, 0.05) is 11.1 Å². The van der Waals surface area contributed by atoms with Crippen molar-refractivity contribution in [3.63, 3.8) is 0 Å². The second-order valence-corrected chi connectivity index (χ2v) is 6.55. The topological polar surface area (TPSA) is 26.3 Å². The van der Waals surface area contributed by atoms with Crippen LogP contribution in [-0.4, -0.2) is 5.78 Å². The summed E-state index contributed by atoms with van der Waals surface area (Å²) in [5.74, 6) is 1.34. The zero-order valence-electron chi connectivity index (χ0n) is 14.6. The first kappa shape index (κ1) is 15.6. The fraction of sp³-hybridized carbons (Fsp3) is 0. The maximum atomic E-state index is 13.1. The minimum atomic E-state index is -0.00820. The van der Waals surface area contributed by atoms with Gasteiger partial charge in [-0.05, 0) is 34.9 Å². The molecule has 0 saturated carbocycles. The highest BCUT2D eigenvalue weighted by Gasteiger charge is 2.25. The summed E-state index contributed by atoms with van der Waals surface area (Å²) >= 11 is 0. The maximum absolute atomic E-state index is 13.1. The van der Waals surface area contributed by atoms with E-state index >= 15 is 0 Å². The highest BCUT2D eigenvalue weighted by Crippen LogP contribution is 2.39. The normalized spacial score (nSPS) is 17.6. The zero-order valence-corrected chi connectivity index (χ0v) is 14.6. The smallest absolute Gasteiger partial charge is 0.197 e. The number of ether oxygens (including phenoxy) is 1. The van der Waals surface area contributed by atoms with Gasteiger partial charge in [-0.2, -0.15) is 0 Å². The second-order valence-electron chi connectivity index (χ2n) is 6.55. The number of allylic oxidation sites excluding steroid dienone is 3. The molecule has 2 heteroatoms. The summed E-state index contributed by atoms with van der Waals surface area (Å²) in [7, 11) is 0. The lowest BCUT2D eigenvalue weighted by molar-refractivity contribution is 0.103. The van der Waals surface area contributed by atoms with Crippen LogP contribution in [-0.2, 0) is 0 Å². The van der Waals surface area contributed by atoms with Crippen molar-refractivity contribution >= 4 is 17.4 Å². The first-order chi connectivity index (χ1) is 13.3. The van der Waals surface area contributed by atoms with E-state index in [0.29, 0.717) is 16.9 Å². The molecule has 0 bridgehead atoms. The molecule has 128 valence electrons. The molecule has 1 aliphatic heterocycles. The SMILES string of the molecule is O=C1/C(=C2/C=C(c3ccccc3)c3ccccc3O2)C=Cc2ccccc21. The predicted octanol–water partition coefficient (Wildman–Crippen LogP) is 5.67. The van der Waals surface area contributed by atoms with Gasteiger partial charge in [0.2, 0.25) is 0 Å². The van der Waals surface area contributed by atoms with E-state index < -0.39 is 0 Å². The molecule has 1 heterocycles. The summed E-state index contributed by atoms with van der Waals surface area (Å²) in [5.41, 5.74) is 5.41. The van der Waals surface area contributed by atoms with Crippen molar-refractivity contribution in [2.75, 3.05) is 0 Å². The van der Waals surface area contributed by atoms with Gasteiger partial charge < -0.3 is 4.74 Å². The van der Waals surface area contributed by atoms with Crippen molar-refractivity contribution in [3.05, 3.63) is 125 Å². The number of fused-ring (bicyclic) bond motifs is 2. The van der Waals surface area contributed by atoms with Gasteiger partial charge in [0.05, 0.1) is 5.57 Å². The number of para-hydroxylation sites is 1. The van der Waals surface area contributed by atoms with E-state index in [9.17, 15) is 4.79 Å². The Labute approximate surface area is 157 Å². The Kier molecular flexibility index (Phi) is 3.61. The summed E-state index contributed by atoms with van der Waals surface area (Å²) in [5, 5.41) is 0. The number of hydrogen-bond donors (Lipinski definition) is 0. The number of rotatable bonds is 1. The molecule has 3 aromatic rings. The van der Waals surface area contributed by atoms with Crippen LogP contribution >= 0.6 is 0 Å². The molecule has 0 spiro atoms. The molecular weight excluding hydrogens is 332 g/mol. The lowest BCUT2D eigenvalue weighted by atomic mass is 9.89. The lowest BCUT2D eigenvalue weighted by Crippen LogP contribution is -2.14. The Bertz CT molecular complexity index is 1150. The average molecular weight is 348 g/mol. The second kappa shape index (κ2) is 6.26. The summed E-state index contributed by atoms with van der Waals surface area (Å²) < 4.78 is 6.14. The molecule has 0 fully saturated rings. The predicted molar refractivity (Wildman–Crippen MR) is 107 cm³/mol. The monoisotopic (exact) mass is 348 g/mol. The molecule has 0 radical (unpaired) electrons. The van der Waals surface area contributed by atoms with Crippen molar-refractivity contribution in [1.82, 2.24) is 0 Å². The standard InChI is InChI=1S/C25H16O2/c26-25-19-11-5-4-10-18(19)14-15-21(25)24-16-22(17-8-2-1-3-9-17)20-12-6-7-13-23(20)27-24/h1-16H/b24-21-. The van der Waals surface area contributed by atoms with E-state index in [1.807, 2.05) is 85.0 Å². The number of ketones is 1. The van der Waals surface area contributed by atoms with Crippen molar-refractivity contribution in [1.29, 1.82) is 0 Å². The van der Waals surface area contributed by atoms with Crippen LogP contribution in [0.25, 0.3) is 11.6 Å². The minimum Gasteiger partial charge on any atom is -0.456 e. The number of carbonyl (C=O) groups is 1. The molecule has 0 unspecified atom stereocenters. The average Bonchev–Trinajstić information content (AvgIpc) is 2.74. The Hall–Kier alpha value is -3.65. The Balaban J connectivity index is 1.71. The fourth-order valence-corrected chi connectivity index (χ4v) is 3.56. The first-order valence-corrected chi connectivity index (χ1v) is 8.92. The van der Waals surface area contributed by atoms with Crippen LogP contribution in [0.5, 0.6) is 5.75 Å². The van der Waals surface area contributed by atoms with Crippen LogP contribution in [0.1, 0.15) is 27.0 Å². The van der Waals surface area contributed by atoms with E-state index in [1.54, 1.807) is 0 Å². The molecule has 0 aromatic heterocycles. The Morgan fingerprint density at radius 1 is 0.667 bits per heavy atom. The van der Waals surface area contributed by atoms with Crippen molar-refractivity contribution < 1.29 is 9.53 Å². The van der Waals surface area contributed by atoms with E-state index in [-0.39, 0.29) is 5.78 Å². The van der Waals surface area contributed by atoms with Gasteiger partial charge in [-0.1, -0.05) is 78.9 Å². The third kappa shape index (κ3) is 2.63. The molecule has 2 aliphatic rings. The maximum Gasteiger partial charge on any atom is 0.197 e. The van der Waals surface area contributed by atoms with Gasteiger partial charge in [-0.15, -0.1) is 0 Å². The molecular formula is C25H16O2. The lowest BCUT2D eigenvalue weighted by Gasteiger charge is -2.23. The van der Waals surface area contributed by atoms with E-state index in [4.69, 9.17) is 4.74 Å². The van der Waals surface area contributed by atoms with Crippen molar-refractivity contribution in [2.24, 2.45) is 0 Å². The van der Waals surface area contributed by atoms with Gasteiger partial charge in [0.25, 0.3) is 0 Å². The Morgan fingerprint density at radius 3 is 2.22 bits per heavy atom. The molecule has 0 amide bonds. The van der Waals surface area contributed by atoms with E-state index in [0.717, 1.165) is 28.0 Å². The van der Waals surface area contributed by atoms with E-state index in [1.165, 1.54) is 0 Å². The molecule has 1 aliphatic carbocycles. The largest absolute Gasteiger partial charge is 0.456 e. The molecule has 5 rings (SSSR count). The van der Waals surface area contributed by atoms with E-state index in [2.05, 4.69) is 12.1 Å². The van der Waals surface area contributed by atoms with Gasteiger partial charge in [-0.25, -0.2) is 0 Å².